The zero-order valence-electron chi connectivity index (χ0n) is 12.7. The fourth-order valence-electron chi connectivity index (χ4n) is 2.98. The van der Waals surface area contributed by atoms with Gasteiger partial charge < -0.3 is 9.84 Å². The Kier molecular flexibility index (Phi) is 4.60. The lowest BCUT2D eigenvalue weighted by molar-refractivity contribution is 0.0692. The van der Waals surface area contributed by atoms with E-state index in [1.165, 1.54) is 42.5 Å². The summed E-state index contributed by atoms with van der Waals surface area (Å²) in [5, 5.41) is 13.1. The van der Waals surface area contributed by atoms with Crippen molar-refractivity contribution in [2.24, 2.45) is 5.92 Å². The minimum absolute atomic E-state index is 0.353. The van der Waals surface area contributed by atoms with Gasteiger partial charge in [-0.05, 0) is 24.5 Å². The van der Waals surface area contributed by atoms with Gasteiger partial charge in [-0.1, -0.05) is 25.7 Å². The van der Waals surface area contributed by atoms with Gasteiger partial charge in [0.2, 0.25) is 5.88 Å². The highest BCUT2D eigenvalue weighted by atomic mass is 19.1. The van der Waals surface area contributed by atoms with E-state index in [0.717, 1.165) is 18.4 Å². The number of nitrogens with zero attached hydrogens (tertiary/aromatic N) is 2. The first-order valence-corrected chi connectivity index (χ1v) is 7.85. The van der Waals surface area contributed by atoms with Crippen molar-refractivity contribution in [3.8, 4) is 11.6 Å². The van der Waals surface area contributed by atoms with Gasteiger partial charge in [-0.2, -0.15) is 0 Å². The maximum absolute atomic E-state index is 13.7. The fourth-order valence-corrected chi connectivity index (χ4v) is 2.98. The van der Waals surface area contributed by atoms with Crippen LogP contribution in [-0.4, -0.2) is 27.5 Å². The largest absolute Gasteiger partial charge is 0.478 e. The van der Waals surface area contributed by atoms with Crippen LogP contribution in [0.2, 0.25) is 0 Å². The van der Waals surface area contributed by atoms with Crippen molar-refractivity contribution in [3.05, 3.63) is 41.8 Å². The maximum atomic E-state index is 13.7. The number of hydrogen-bond acceptors (Lipinski definition) is 3. The molecule has 0 radical (unpaired) electrons. The molecule has 1 heterocycles. The molecule has 1 aromatic heterocycles. The summed E-state index contributed by atoms with van der Waals surface area (Å²) >= 11 is 0. The van der Waals surface area contributed by atoms with E-state index in [2.05, 4.69) is 5.10 Å². The molecule has 23 heavy (non-hydrogen) atoms. The molecule has 1 aromatic carbocycles. The number of ether oxygens (including phenoxy) is 1. The average molecular weight is 318 g/mol. The third kappa shape index (κ3) is 3.70. The number of carboxylic acids is 1. The van der Waals surface area contributed by atoms with E-state index in [-0.39, 0.29) is 5.56 Å². The van der Waals surface area contributed by atoms with Crippen molar-refractivity contribution < 1.29 is 19.0 Å². The second-order valence-corrected chi connectivity index (χ2v) is 5.86. The van der Waals surface area contributed by atoms with Gasteiger partial charge in [-0.15, -0.1) is 5.10 Å². The van der Waals surface area contributed by atoms with Gasteiger partial charge in [0.05, 0.1) is 17.9 Å². The molecule has 3 rings (SSSR count). The molecule has 1 saturated carbocycles. The molecule has 0 spiro atoms. The van der Waals surface area contributed by atoms with Crippen molar-refractivity contribution >= 4 is 5.97 Å². The summed E-state index contributed by atoms with van der Waals surface area (Å²) in [4.78, 5) is 10.8. The Balaban J connectivity index is 1.62. The van der Waals surface area contributed by atoms with Crippen LogP contribution in [0, 0.1) is 11.7 Å². The van der Waals surface area contributed by atoms with Gasteiger partial charge >= 0.3 is 5.97 Å². The molecule has 1 aliphatic rings. The normalized spacial score (nSPS) is 15.0. The van der Waals surface area contributed by atoms with Gasteiger partial charge in [0.1, 0.15) is 5.82 Å². The predicted octanol–water partition coefficient (Wildman–Crippen LogP) is 3.67. The van der Waals surface area contributed by atoms with E-state index in [0.29, 0.717) is 18.2 Å². The SMILES string of the molecule is O=C(O)c1ccc(-n2ccc(OCCC3CCCC3)n2)cc1F. The van der Waals surface area contributed by atoms with Crippen molar-refractivity contribution in [1.82, 2.24) is 9.78 Å². The van der Waals surface area contributed by atoms with Gasteiger partial charge in [0.25, 0.3) is 0 Å². The number of hydrogen-bond donors (Lipinski definition) is 1. The number of aromatic carboxylic acids is 1. The van der Waals surface area contributed by atoms with Crippen molar-refractivity contribution in [1.29, 1.82) is 0 Å². The number of benzene rings is 1. The lowest BCUT2D eigenvalue weighted by Crippen LogP contribution is -2.05. The quantitative estimate of drug-likeness (QED) is 0.882. The van der Waals surface area contributed by atoms with Crippen LogP contribution < -0.4 is 4.74 Å². The van der Waals surface area contributed by atoms with Crippen LogP contribution in [0.4, 0.5) is 4.39 Å². The zero-order chi connectivity index (χ0) is 16.2. The van der Waals surface area contributed by atoms with E-state index in [1.807, 2.05) is 0 Å². The Labute approximate surface area is 133 Å². The minimum Gasteiger partial charge on any atom is -0.478 e. The standard InChI is InChI=1S/C17H19FN2O3/c18-15-11-13(5-6-14(15)17(21)22)20-9-7-16(19-20)23-10-8-12-3-1-2-4-12/h5-7,9,11-12H,1-4,8,10H2,(H,21,22). The summed E-state index contributed by atoms with van der Waals surface area (Å²) in [7, 11) is 0. The smallest absolute Gasteiger partial charge is 0.338 e. The van der Waals surface area contributed by atoms with Crippen molar-refractivity contribution in [3.63, 3.8) is 0 Å². The lowest BCUT2D eigenvalue weighted by Gasteiger charge is -2.08. The van der Waals surface area contributed by atoms with Gasteiger partial charge in [0.15, 0.2) is 0 Å². The number of carbonyl (C=O) groups is 1. The van der Waals surface area contributed by atoms with Crippen LogP contribution in [0.25, 0.3) is 5.69 Å². The van der Waals surface area contributed by atoms with Crippen LogP contribution in [0.3, 0.4) is 0 Å². The Hall–Kier alpha value is -2.37. The monoisotopic (exact) mass is 318 g/mol. The van der Waals surface area contributed by atoms with E-state index in [1.54, 1.807) is 12.3 Å². The van der Waals surface area contributed by atoms with Gasteiger partial charge in [-0.3, -0.25) is 0 Å². The minimum atomic E-state index is -1.29. The average Bonchev–Trinajstić information content (AvgIpc) is 3.18. The molecule has 5 nitrogen and oxygen atoms in total. The first-order valence-electron chi connectivity index (χ1n) is 7.85. The highest BCUT2D eigenvalue weighted by Crippen LogP contribution is 2.27. The second-order valence-electron chi connectivity index (χ2n) is 5.86. The fraction of sp³-hybridized carbons (Fsp3) is 0.412. The van der Waals surface area contributed by atoms with Crippen LogP contribution in [-0.2, 0) is 0 Å². The highest BCUT2D eigenvalue weighted by molar-refractivity contribution is 5.88. The molecule has 0 bridgehead atoms. The molecule has 6 heteroatoms. The molecule has 0 saturated heterocycles. The number of carboxylic acid groups (broad SMARTS) is 1. The summed E-state index contributed by atoms with van der Waals surface area (Å²) in [5.41, 5.74) is 0.104. The molecule has 0 unspecified atom stereocenters. The molecule has 1 fully saturated rings. The van der Waals surface area contributed by atoms with E-state index in [9.17, 15) is 9.18 Å². The molecule has 0 aliphatic heterocycles. The first kappa shape index (κ1) is 15.5. The Bertz CT molecular complexity index is 693. The molecular weight excluding hydrogens is 299 g/mol. The Morgan fingerprint density at radius 1 is 1.35 bits per heavy atom. The Morgan fingerprint density at radius 3 is 2.83 bits per heavy atom. The summed E-state index contributed by atoms with van der Waals surface area (Å²) in [6.07, 6.45) is 7.91. The molecule has 2 aromatic rings. The molecule has 0 amide bonds. The first-order chi connectivity index (χ1) is 11.1. The molecule has 0 atom stereocenters. The number of rotatable bonds is 6. The highest BCUT2D eigenvalue weighted by Gasteiger charge is 2.15. The van der Waals surface area contributed by atoms with Gasteiger partial charge in [0, 0.05) is 18.3 Å². The summed E-state index contributed by atoms with van der Waals surface area (Å²) in [6.45, 7) is 0.633. The summed E-state index contributed by atoms with van der Waals surface area (Å²) in [5.74, 6) is -0.819. The van der Waals surface area contributed by atoms with Crippen LogP contribution in [0.1, 0.15) is 42.5 Å². The second kappa shape index (κ2) is 6.81. The molecule has 1 N–H and O–H groups in total. The third-order valence-electron chi connectivity index (χ3n) is 4.26. The molecule has 122 valence electrons. The Morgan fingerprint density at radius 2 is 2.13 bits per heavy atom. The topological polar surface area (TPSA) is 64.3 Å². The van der Waals surface area contributed by atoms with Crippen molar-refractivity contribution in [2.75, 3.05) is 6.61 Å². The predicted molar refractivity (Wildman–Crippen MR) is 82.6 cm³/mol. The summed E-state index contributed by atoms with van der Waals surface area (Å²) in [6, 6.07) is 5.62. The van der Waals surface area contributed by atoms with Crippen molar-refractivity contribution in [2.45, 2.75) is 32.1 Å². The zero-order valence-corrected chi connectivity index (χ0v) is 12.7. The van der Waals surface area contributed by atoms with E-state index in [4.69, 9.17) is 9.84 Å². The summed E-state index contributed by atoms with van der Waals surface area (Å²) < 4.78 is 20.8. The number of halogens is 1. The van der Waals surface area contributed by atoms with E-state index >= 15 is 0 Å². The van der Waals surface area contributed by atoms with Gasteiger partial charge in [-0.25, -0.2) is 13.9 Å². The van der Waals surface area contributed by atoms with Crippen LogP contribution in [0.15, 0.2) is 30.5 Å². The van der Waals surface area contributed by atoms with Crippen LogP contribution in [0.5, 0.6) is 5.88 Å². The maximum Gasteiger partial charge on any atom is 0.338 e. The van der Waals surface area contributed by atoms with E-state index < -0.39 is 11.8 Å². The molecule has 1 aliphatic carbocycles. The third-order valence-corrected chi connectivity index (χ3v) is 4.26. The lowest BCUT2D eigenvalue weighted by atomic mass is 10.1. The van der Waals surface area contributed by atoms with Crippen LogP contribution >= 0.6 is 0 Å². The number of aromatic nitrogens is 2. The molecular formula is C17H19FN2O3.